The van der Waals surface area contributed by atoms with Gasteiger partial charge in [0.1, 0.15) is 12.2 Å². The van der Waals surface area contributed by atoms with Crippen molar-refractivity contribution < 1.29 is 14.7 Å². The van der Waals surface area contributed by atoms with Crippen LogP contribution in [0.4, 0.5) is 4.79 Å². The van der Waals surface area contributed by atoms with E-state index in [1.807, 2.05) is 0 Å². The van der Waals surface area contributed by atoms with E-state index < -0.39 is 5.97 Å². The SMILES string of the molecule is O=C(O)CC1CCCCN1C(=O)NCCCc1ncn[nH]1. The highest BCUT2D eigenvalue weighted by Crippen LogP contribution is 2.19. The molecule has 0 radical (unpaired) electrons. The van der Waals surface area contributed by atoms with E-state index in [4.69, 9.17) is 5.11 Å². The molecule has 1 saturated heterocycles. The number of carboxylic acids is 1. The lowest BCUT2D eigenvalue weighted by molar-refractivity contribution is -0.138. The third kappa shape index (κ3) is 4.73. The molecule has 2 amide bonds. The number of aliphatic carboxylic acids is 1. The van der Waals surface area contributed by atoms with Crippen LogP contribution >= 0.6 is 0 Å². The van der Waals surface area contributed by atoms with Gasteiger partial charge in [0.25, 0.3) is 0 Å². The van der Waals surface area contributed by atoms with E-state index in [9.17, 15) is 9.59 Å². The third-order valence-corrected chi connectivity index (χ3v) is 3.63. The van der Waals surface area contributed by atoms with E-state index in [1.54, 1.807) is 4.90 Å². The van der Waals surface area contributed by atoms with E-state index >= 15 is 0 Å². The van der Waals surface area contributed by atoms with Gasteiger partial charge in [0.05, 0.1) is 6.42 Å². The van der Waals surface area contributed by atoms with Crippen LogP contribution in [-0.2, 0) is 11.2 Å². The Hall–Kier alpha value is -2.12. The lowest BCUT2D eigenvalue weighted by Crippen LogP contribution is -2.49. The second-order valence-electron chi connectivity index (χ2n) is 5.21. The molecule has 2 rings (SSSR count). The first-order valence-corrected chi connectivity index (χ1v) is 7.27. The Labute approximate surface area is 122 Å². The predicted molar refractivity (Wildman–Crippen MR) is 74.7 cm³/mol. The van der Waals surface area contributed by atoms with Crippen LogP contribution < -0.4 is 5.32 Å². The monoisotopic (exact) mass is 295 g/mol. The Morgan fingerprint density at radius 2 is 2.33 bits per heavy atom. The van der Waals surface area contributed by atoms with Gasteiger partial charge in [-0.1, -0.05) is 0 Å². The van der Waals surface area contributed by atoms with Crippen molar-refractivity contribution in [3.63, 3.8) is 0 Å². The van der Waals surface area contributed by atoms with Crippen molar-refractivity contribution in [2.24, 2.45) is 0 Å². The molecule has 0 spiro atoms. The maximum absolute atomic E-state index is 12.1. The van der Waals surface area contributed by atoms with Gasteiger partial charge in [-0.25, -0.2) is 9.78 Å². The van der Waals surface area contributed by atoms with Crippen LogP contribution in [-0.4, -0.2) is 56.3 Å². The molecule has 0 bridgehead atoms. The van der Waals surface area contributed by atoms with E-state index in [-0.39, 0.29) is 18.5 Å². The number of carbonyl (C=O) groups excluding carboxylic acids is 1. The highest BCUT2D eigenvalue weighted by molar-refractivity contribution is 5.76. The number of amides is 2. The van der Waals surface area contributed by atoms with E-state index in [2.05, 4.69) is 20.5 Å². The van der Waals surface area contributed by atoms with Gasteiger partial charge in [-0.05, 0) is 25.7 Å². The molecular weight excluding hydrogens is 274 g/mol. The number of aryl methyl sites for hydroxylation is 1. The molecule has 0 aliphatic carbocycles. The summed E-state index contributed by atoms with van der Waals surface area (Å²) in [5.41, 5.74) is 0. The fourth-order valence-corrected chi connectivity index (χ4v) is 2.59. The highest BCUT2D eigenvalue weighted by atomic mass is 16.4. The molecule has 116 valence electrons. The van der Waals surface area contributed by atoms with Gasteiger partial charge in [-0.3, -0.25) is 9.89 Å². The van der Waals surface area contributed by atoms with Crippen LogP contribution in [0.1, 0.15) is 37.9 Å². The smallest absolute Gasteiger partial charge is 0.317 e. The molecule has 0 saturated carbocycles. The first-order chi connectivity index (χ1) is 10.2. The molecule has 21 heavy (non-hydrogen) atoms. The third-order valence-electron chi connectivity index (χ3n) is 3.63. The molecule has 8 nitrogen and oxygen atoms in total. The summed E-state index contributed by atoms with van der Waals surface area (Å²) in [6, 6.07) is -0.357. The van der Waals surface area contributed by atoms with E-state index in [1.165, 1.54) is 6.33 Å². The van der Waals surface area contributed by atoms with Gasteiger partial charge >= 0.3 is 12.0 Å². The van der Waals surface area contributed by atoms with Crippen LogP contribution in [0.25, 0.3) is 0 Å². The van der Waals surface area contributed by atoms with Crippen molar-refractivity contribution in [3.05, 3.63) is 12.2 Å². The summed E-state index contributed by atoms with van der Waals surface area (Å²) < 4.78 is 0. The standard InChI is InChI=1S/C13H21N5O3/c19-12(20)8-10-4-1-2-7-18(10)13(21)14-6-3-5-11-15-9-16-17-11/h9-10H,1-8H2,(H,14,21)(H,19,20)(H,15,16,17). The number of carbonyl (C=O) groups is 2. The minimum Gasteiger partial charge on any atom is -0.481 e. The average molecular weight is 295 g/mol. The summed E-state index contributed by atoms with van der Waals surface area (Å²) in [6.45, 7) is 1.17. The summed E-state index contributed by atoms with van der Waals surface area (Å²) in [4.78, 5) is 28.7. The Bertz CT molecular complexity index is 462. The molecule has 1 aromatic heterocycles. The Morgan fingerprint density at radius 3 is 3.05 bits per heavy atom. The molecular formula is C13H21N5O3. The number of hydrogen-bond donors (Lipinski definition) is 3. The van der Waals surface area contributed by atoms with Crippen molar-refractivity contribution in [2.75, 3.05) is 13.1 Å². The number of nitrogens with zero attached hydrogens (tertiary/aromatic N) is 3. The summed E-state index contributed by atoms with van der Waals surface area (Å²) >= 11 is 0. The number of likely N-dealkylation sites (tertiary alicyclic amines) is 1. The van der Waals surface area contributed by atoms with Crippen molar-refractivity contribution >= 4 is 12.0 Å². The van der Waals surface area contributed by atoms with Gasteiger partial charge in [0, 0.05) is 25.6 Å². The fraction of sp³-hybridized carbons (Fsp3) is 0.692. The fourth-order valence-electron chi connectivity index (χ4n) is 2.59. The van der Waals surface area contributed by atoms with Crippen molar-refractivity contribution in [1.29, 1.82) is 0 Å². The van der Waals surface area contributed by atoms with Crippen LogP contribution in [0, 0.1) is 0 Å². The number of aromatic amines is 1. The van der Waals surface area contributed by atoms with E-state index in [0.717, 1.165) is 37.9 Å². The molecule has 8 heteroatoms. The molecule has 3 N–H and O–H groups in total. The number of nitrogens with one attached hydrogen (secondary N) is 2. The minimum atomic E-state index is -0.856. The second kappa shape index (κ2) is 7.61. The van der Waals surface area contributed by atoms with Crippen LogP contribution in [0.15, 0.2) is 6.33 Å². The number of urea groups is 1. The first kappa shape index (κ1) is 15.3. The average Bonchev–Trinajstić information content (AvgIpc) is 2.96. The quantitative estimate of drug-likeness (QED) is 0.671. The molecule has 2 heterocycles. The molecule has 1 aromatic rings. The number of hydrogen-bond acceptors (Lipinski definition) is 4. The normalized spacial score (nSPS) is 18.5. The topological polar surface area (TPSA) is 111 Å². The maximum atomic E-state index is 12.1. The molecule has 0 aromatic carbocycles. The molecule has 1 fully saturated rings. The first-order valence-electron chi connectivity index (χ1n) is 7.27. The Balaban J connectivity index is 1.73. The number of carboxylic acid groups (broad SMARTS) is 1. The summed E-state index contributed by atoms with van der Waals surface area (Å²) in [5.74, 6) is -0.0593. The Kier molecular flexibility index (Phi) is 5.53. The Morgan fingerprint density at radius 1 is 1.48 bits per heavy atom. The summed E-state index contributed by atoms with van der Waals surface area (Å²) in [5, 5.41) is 18.3. The zero-order valence-electron chi connectivity index (χ0n) is 11.9. The molecule has 1 aliphatic heterocycles. The van der Waals surface area contributed by atoms with Crippen LogP contribution in [0.3, 0.4) is 0 Å². The van der Waals surface area contributed by atoms with Gasteiger partial charge < -0.3 is 15.3 Å². The van der Waals surface area contributed by atoms with E-state index in [0.29, 0.717) is 13.1 Å². The zero-order valence-corrected chi connectivity index (χ0v) is 11.9. The number of rotatable bonds is 6. The largest absolute Gasteiger partial charge is 0.481 e. The lowest BCUT2D eigenvalue weighted by Gasteiger charge is -2.34. The van der Waals surface area contributed by atoms with Crippen LogP contribution in [0.5, 0.6) is 0 Å². The van der Waals surface area contributed by atoms with Crippen molar-refractivity contribution in [3.8, 4) is 0 Å². The van der Waals surface area contributed by atoms with Gasteiger partial charge in [-0.15, -0.1) is 0 Å². The minimum absolute atomic E-state index is 0.0193. The van der Waals surface area contributed by atoms with Crippen LogP contribution in [0.2, 0.25) is 0 Å². The lowest BCUT2D eigenvalue weighted by atomic mass is 10.00. The number of aromatic nitrogens is 3. The molecule has 1 unspecified atom stereocenters. The molecule has 1 atom stereocenters. The zero-order chi connectivity index (χ0) is 15.1. The maximum Gasteiger partial charge on any atom is 0.317 e. The second-order valence-corrected chi connectivity index (χ2v) is 5.21. The van der Waals surface area contributed by atoms with Crippen molar-refractivity contribution in [2.45, 2.75) is 44.6 Å². The van der Waals surface area contributed by atoms with Gasteiger partial charge in [0.15, 0.2) is 0 Å². The summed E-state index contributed by atoms with van der Waals surface area (Å²) in [7, 11) is 0. The number of H-pyrrole nitrogens is 1. The van der Waals surface area contributed by atoms with Gasteiger partial charge in [-0.2, -0.15) is 5.10 Å². The predicted octanol–water partition coefficient (Wildman–Crippen LogP) is 0.776. The summed E-state index contributed by atoms with van der Waals surface area (Å²) in [6.07, 6.45) is 5.63. The molecule has 1 aliphatic rings. The highest BCUT2D eigenvalue weighted by Gasteiger charge is 2.28. The van der Waals surface area contributed by atoms with Gasteiger partial charge in [0.2, 0.25) is 0 Å². The number of piperidine rings is 1. The van der Waals surface area contributed by atoms with Crippen molar-refractivity contribution in [1.82, 2.24) is 25.4 Å².